The molecular weight excluding hydrogens is 281 g/mol. The summed E-state index contributed by atoms with van der Waals surface area (Å²) in [6.45, 7) is 0. The normalized spacial score (nSPS) is 10.5. The molecule has 1 amide bonds. The largest absolute Gasteiger partial charge is 0.355 e. The van der Waals surface area contributed by atoms with Crippen LogP contribution in [0.25, 0.3) is 16.9 Å². The molecule has 1 heterocycles. The first-order valence-electron chi connectivity index (χ1n) is 6.82. The summed E-state index contributed by atoms with van der Waals surface area (Å²) in [6, 6.07) is 15.4. The van der Waals surface area contributed by atoms with Crippen molar-refractivity contribution in [2.45, 2.75) is 0 Å². The van der Waals surface area contributed by atoms with E-state index in [-0.39, 0.29) is 11.7 Å². The van der Waals surface area contributed by atoms with Gasteiger partial charge in [-0.05, 0) is 36.4 Å². The Labute approximate surface area is 127 Å². The molecule has 0 fully saturated rings. The first-order valence-corrected chi connectivity index (χ1v) is 6.82. The first kappa shape index (κ1) is 14.0. The van der Waals surface area contributed by atoms with Crippen LogP contribution in [-0.4, -0.2) is 22.7 Å². The van der Waals surface area contributed by atoms with Crippen LogP contribution >= 0.6 is 0 Å². The van der Waals surface area contributed by atoms with Gasteiger partial charge >= 0.3 is 0 Å². The number of carbonyl (C=O) groups is 1. The molecule has 0 aliphatic heterocycles. The van der Waals surface area contributed by atoms with Crippen molar-refractivity contribution in [3.8, 4) is 16.9 Å². The van der Waals surface area contributed by atoms with E-state index in [1.54, 1.807) is 30.1 Å². The van der Waals surface area contributed by atoms with E-state index in [0.717, 1.165) is 5.69 Å². The molecule has 5 heteroatoms. The summed E-state index contributed by atoms with van der Waals surface area (Å²) in [5.74, 6) is -0.561. The number of amides is 1. The van der Waals surface area contributed by atoms with Gasteiger partial charge in [-0.2, -0.15) is 5.10 Å². The molecule has 0 aliphatic rings. The van der Waals surface area contributed by atoms with E-state index in [2.05, 4.69) is 10.4 Å². The van der Waals surface area contributed by atoms with Crippen LogP contribution in [-0.2, 0) is 0 Å². The van der Waals surface area contributed by atoms with Crippen molar-refractivity contribution in [1.82, 2.24) is 15.1 Å². The lowest BCUT2D eigenvalue weighted by Gasteiger charge is -2.01. The Morgan fingerprint density at radius 2 is 1.77 bits per heavy atom. The molecule has 4 nitrogen and oxygen atoms in total. The highest BCUT2D eigenvalue weighted by molar-refractivity contribution is 5.99. The minimum Gasteiger partial charge on any atom is -0.355 e. The third kappa shape index (κ3) is 2.61. The van der Waals surface area contributed by atoms with Gasteiger partial charge < -0.3 is 5.32 Å². The van der Waals surface area contributed by atoms with Crippen molar-refractivity contribution in [3.05, 3.63) is 72.2 Å². The Hall–Kier alpha value is -2.95. The maximum atomic E-state index is 13.1. The van der Waals surface area contributed by atoms with Crippen LogP contribution in [0.4, 0.5) is 4.39 Å². The van der Waals surface area contributed by atoms with Crippen molar-refractivity contribution in [1.29, 1.82) is 0 Å². The topological polar surface area (TPSA) is 46.9 Å². The predicted octanol–water partition coefficient (Wildman–Crippen LogP) is 3.04. The zero-order valence-corrected chi connectivity index (χ0v) is 12.0. The van der Waals surface area contributed by atoms with E-state index in [1.807, 2.05) is 30.3 Å². The summed E-state index contributed by atoms with van der Waals surface area (Å²) in [5, 5.41) is 7.08. The fourth-order valence-electron chi connectivity index (χ4n) is 2.21. The lowest BCUT2D eigenvalue weighted by atomic mass is 10.1. The van der Waals surface area contributed by atoms with E-state index in [9.17, 15) is 9.18 Å². The second-order valence-corrected chi connectivity index (χ2v) is 4.76. The summed E-state index contributed by atoms with van der Waals surface area (Å²) in [6.07, 6.45) is 1.67. The molecule has 110 valence electrons. The predicted molar refractivity (Wildman–Crippen MR) is 82.3 cm³/mol. The van der Waals surface area contributed by atoms with Crippen LogP contribution in [0.2, 0.25) is 0 Å². The van der Waals surface area contributed by atoms with Gasteiger partial charge in [0.25, 0.3) is 5.91 Å². The first-order chi connectivity index (χ1) is 10.7. The highest BCUT2D eigenvalue weighted by Gasteiger charge is 2.17. The Morgan fingerprint density at radius 1 is 1.09 bits per heavy atom. The Balaban J connectivity index is 2.13. The molecule has 0 saturated heterocycles. The lowest BCUT2D eigenvalue weighted by molar-refractivity contribution is 0.0963. The molecule has 1 N–H and O–H groups in total. The van der Waals surface area contributed by atoms with E-state index in [4.69, 9.17) is 0 Å². The average Bonchev–Trinajstić information content (AvgIpc) is 3.01. The zero-order chi connectivity index (χ0) is 15.5. The van der Waals surface area contributed by atoms with Crippen LogP contribution in [0.5, 0.6) is 0 Å². The smallest absolute Gasteiger partial charge is 0.254 e. The monoisotopic (exact) mass is 295 g/mol. The van der Waals surface area contributed by atoms with Crippen molar-refractivity contribution >= 4 is 5.91 Å². The summed E-state index contributed by atoms with van der Waals surface area (Å²) >= 11 is 0. The minimum absolute atomic E-state index is 0.235. The Bertz CT molecular complexity index is 795. The van der Waals surface area contributed by atoms with Crippen LogP contribution in [0, 0.1) is 5.82 Å². The molecule has 0 radical (unpaired) electrons. The summed E-state index contributed by atoms with van der Waals surface area (Å²) in [5.41, 5.74) is 2.50. The average molecular weight is 295 g/mol. The molecule has 2 aromatic carbocycles. The molecule has 0 spiro atoms. The standard InChI is InChI=1S/C17H14FN3O/c1-19-17(22)15-11-21(14-5-3-2-4-6-14)20-16(15)12-7-9-13(18)10-8-12/h2-11H,1H3,(H,19,22). The fraction of sp³-hybridized carbons (Fsp3) is 0.0588. The molecule has 0 unspecified atom stereocenters. The number of para-hydroxylation sites is 1. The van der Waals surface area contributed by atoms with Crippen LogP contribution < -0.4 is 5.32 Å². The third-order valence-electron chi connectivity index (χ3n) is 3.32. The molecule has 3 aromatic rings. The fourth-order valence-corrected chi connectivity index (χ4v) is 2.21. The van der Waals surface area contributed by atoms with E-state index in [1.165, 1.54) is 12.1 Å². The summed E-state index contributed by atoms with van der Waals surface area (Å²) < 4.78 is 14.7. The molecule has 0 atom stereocenters. The van der Waals surface area contributed by atoms with Gasteiger partial charge in [0.15, 0.2) is 0 Å². The van der Waals surface area contributed by atoms with Crippen LogP contribution in [0.3, 0.4) is 0 Å². The van der Waals surface area contributed by atoms with Crippen LogP contribution in [0.1, 0.15) is 10.4 Å². The van der Waals surface area contributed by atoms with Gasteiger partial charge in [0.2, 0.25) is 0 Å². The lowest BCUT2D eigenvalue weighted by Crippen LogP contribution is -2.17. The van der Waals surface area contributed by atoms with Crippen molar-refractivity contribution in [3.63, 3.8) is 0 Å². The maximum Gasteiger partial charge on any atom is 0.254 e. The van der Waals surface area contributed by atoms with E-state index < -0.39 is 0 Å². The third-order valence-corrected chi connectivity index (χ3v) is 3.32. The molecule has 0 aliphatic carbocycles. The number of nitrogens with zero attached hydrogens (tertiary/aromatic N) is 2. The highest BCUT2D eigenvalue weighted by Crippen LogP contribution is 2.24. The summed E-state index contributed by atoms with van der Waals surface area (Å²) in [7, 11) is 1.57. The van der Waals surface area contributed by atoms with E-state index >= 15 is 0 Å². The van der Waals surface area contributed by atoms with Crippen molar-refractivity contribution < 1.29 is 9.18 Å². The van der Waals surface area contributed by atoms with Crippen LogP contribution in [0.15, 0.2) is 60.8 Å². The van der Waals surface area contributed by atoms with Gasteiger partial charge in [-0.3, -0.25) is 4.79 Å². The quantitative estimate of drug-likeness (QED) is 0.807. The molecule has 0 saturated carbocycles. The second-order valence-electron chi connectivity index (χ2n) is 4.76. The van der Waals surface area contributed by atoms with Gasteiger partial charge in [-0.15, -0.1) is 0 Å². The molecule has 3 rings (SSSR count). The molecule has 1 aromatic heterocycles. The number of carbonyl (C=O) groups excluding carboxylic acids is 1. The Morgan fingerprint density at radius 3 is 2.41 bits per heavy atom. The molecule has 22 heavy (non-hydrogen) atoms. The number of benzene rings is 2. The number of nitrogens with one attached hydrogen (secondary N) is 1. The highest BCUT2D eigenvalue weighted by atomic mass is 19.1. The SMILES string of the molecule is CNC(=O)c1cn(-c2ccccc2)nc1-c1ccc(F)cc1. The van der Waals surface area contributed by atoms with Crippen molar-refractivity contribution in [2.24, 2.45) is 0 Å². The number of hydrogen-bond donors (Lipinski definition) is 1. The minimum atomic E-state index is -0.326. The summed E-state index contributed by atoms with van der Waals surface area (Å²) in [4.78, 5) is 12.1. The van der Waals surface area contributed by atoms with Gasteiger partial charge in [-0.1, -0.05) is 18.2 Å². The van der Waals surface area contributed by atoms with Gasteiger partial charge in [0.05, 0.1) is 11.3 Å². The maximum absolute atomic E-state index is 13.1. The van der Waals surface area contributed by atoms with Gasteiger partial charge in [0, 0.05) is 18.8 Å². The van der Waals surface area contributed by atoms with Crippen molar-refractivity contribution in [2.75, 3.05) is 7.05 Å². The van der Waals surface area contributed by atoms with E-state index in [0.29, 0.717) is 16.8 Å². The number of rotatable bonds is 3. The Kier molecular flexibility index (Phi) is 3.70. The molecule has 0 bridgehead atoms. The van der Waals surface area contributed by atoms with Gasteiger partial charge in [0.1, 0.15) is 11.5 Å². The number of aromatic nitrogens is 2. The number of halogens is 1. The molecular formula is C17H14FN3O. The second kappa shape index (κ2) is 5.81. The zero-order valence-electron chi connectivity index (χ0n) is 12.0. The number of hydrogen-bond acceptors (Lipinski definition) is 2. The van der Waals surface area contributed by atoms with Gasteiger partial charge in [-0.25, -0.2) is 9.07 Å².